The van der Waals surface area contributed by atoms with Crippen molar-refractivity contribution in [3.05, 3.63) is 74.7 Å². The van der Waals surface area contributed by atoms with Crippen LogP contribution in [-0.2, 0) is 4.74 Å². The first-order valence-corrected chi connectivity index (χ1v) is 9.36. The highest BCUT2D eigenvalue weighted by Crippen LogP contribution is 2.52. The van der Waals surface area contributed by atoms with E-state index in [0.717, 1.165) is 22.1 Å². The zero-order valence-electron chi connectivity index (χ0n) is 13.6. The molecule has 2 aliphatic rings. The van der Waals surface area contributed by atoms with E-state index in [2.05, 4.69) is 57.7 Å². The van der Waals surface area contributed by atoms with E-state index in [-0.39, 0.29) is 17.9 Å². The number of ether oxygens (including phenoxy) is 1. The van der Waals surface area contributed by atoms with Crippen LogP contribution in [0.3, 0.4) is 0 Å². The molecule has 0 saturated heterocycles. The van der Waals surface area contributed by atoms with Crippen molar-refractivity contribution in [2.45, 2.75) is 18.4 Å². The summed E-state index contributed by atoms with van der Waals surface area (Å²) < 4.78 is 6.03. The van der Waals surface area contributed by atoms with Gasteiger partial charge in [-0.25, -0.2) is 4.79 Å². The SMILES string of the molecule is COC(=O)c1ccc(Cl)c2c1[C@@H]1C=CC[C@@H]1[C@@H](c1ccc(Br)cc1)N2. The molecule has 0 spiro atoms. The Balaban J connectivity index is 1.85. The van der Waals surface area contributed by atoms with E-state index in [1.165, 1.54) is 12.7 Å². The van der Waals surface area contributed by atoms with Crippen molar-refractivity contribution in [1.29, 1.82) is 0 Å². The number of hydrogen-bond donors (Lipinski definition) is 1. The average molecular weight is 419 g/mol. The molecule has 0 amide bonds. The number of anilines is 1. The number of carbonyl (C=O) groups excluding carboxylic acids is 1. The van der Waals surface area contributed by atoms with Crippen molar-refractivity contribution in [2.75, 3.05) is 12.4 Å². The van der Waals surface area contributed by atoms with Crippen molar-refractivity contribution in [2.24, 2.45) is 5.92 Å². The quantitative estimate of drug-likeness (QED) is 0.501. The Bertz CT molecular complexity index is 863. The Morgan fingerprint density at radius 3 is 2.72 bits per heavy atom. The number of halogens is 2. The van der Waals surface area contributed by atoms with Crippen LogP contribution in [0.2, 0.25) is 5.02 Å². The summed E-state index contributed by atoms with van der Waals surface area (Å²) in [5.74, 6) is 0.170. The van der Waals surface area contributed by atoms with Crippen molar-refractivity contribution < 1.29 is 9.53 Å². The molecule has 4 rings (SSSR count). The number of hydrogen-bond acceptors (Lipinski definition) is 3. The van der Waals surface area contributed by atoms with Crippen LogP contribution in [0.25, 0.3) is 0 Å². The monoisotopic (exact) mass is 417 g/mol. The van der Waals surface area contributed by atoms with Crippen molar-refractivity contribution in [3.63, 3.8) is 0 Å². The minimum atomic E-state index is -0.323. The molecule has 1 N–H and O–H groups in total. The topological polar surface area (TPSA) is 38.3 Å². The molecule has 25 heavy (non-hydrogen) atoms. The number of esters is 1. The van der Waals surface area contributed by atoms with Gasteiger partial charge < -0.3 is 10.1 Å². The lowest BCUT2D eigenvalue weighted by Gasteiger charge is -2.38. The highest BCUT2D eigenvalue weighted by molar-refractivity contribution is 9.10. The van der Waals surface area contributed by atoms with E-state index in [0.29, 0.717) is 16.5 Å². The molecule has 1 aliphatic carbocycles. The van der Waals surface area contributed by atoms with E-state index in [4.69, 9.17) is 16.3 Å². The second-order valence-electron chi connectivity index (χ2n) is 6.40. The third-order valence-electron chi connectivity index (χ3n) is 5.10. The Kier molecular flexibility index (Phi) is 4.34. The number of rotatable bonds is 2. The predicted molar refractivity (Wildman–Crippen MR) is 103 cm³/mol. The number of fused-ring (bicyclic) bond motifs is 3. The molecule has 2 aromatic carbocycles. The maximum Gasteiger partial charge on any atom is 0.338 e. The molecule has 5 heteroatoms. The van der Waals surface area contributed by atoms with Gasteiger partial charge >= 0.3 is 5.97 Å². The van der Waals surface area contributed by atoms with E-state index >= 15 is 0 Å². The normalized spacial score (nSPS) is 23.6. The number of carbonyl (C=O) groups is 1. The molecule has 128 valence electrons. The van der Waals surface area contributed by atoms with Gasteiger partial charge in [0.2, 0.25) is 0 Å². The predicted octanol–water partition coefficient (Wildman–Crippen LogP) is 5.72. The van der Waals surface area contributed by atoms with Gasteiger partial charge in [0.05, 0.1) is 29.4 Å². The summed E-state index contributed by atoms with van der Waals surface area (Å²) in [5, 5.41) is 4.23. The lowest BCUT2D eigenvalue weighted by Crippen LogP contribution is -2.30. The fraction of sp³-hybridized carbons (Fsp3) is 0.250. The number of benzene rings is 2. The molecule has 1 aliphatic heterocycles. The van der Waals surface area contributed by atoms with E-state index in [9.17, 15) is 4.79 Å². The van der Waals surface area contributed by atoms with Crippen LogP contribution < -0.4 is 5.32 Å². The van der Waals surface area contributed by atoms with Gasteiger partial charge in [0.25, 0.3) is 0 Å². The fourth-order valence-corrected chi connectivity index (χ4v) is 4.45. The summed E-state index contributed by atoms with van der Waals surface area (Å²) in [6.07, 6.45) is 5.35. The van der Waals surface area contributed by atoms with Crippen LogP contribution in [0.4, 0.5) is 5.69 Å². The summed E-state index contributed by atoms with van der Waals surface area (Å²) in [7, 11) is 1.41. The van der Waals surface area contributed by atoms with Gasteiger partial charge in [0.15, 0.2) is 0 Å². The van der Waals surface area contributed by atoms with Crippen LogP contribution in [0.1, 0.15) is 39.9 Å². The van der Waals surface area contributed by atoms with E-state index < -0.39 is 0 Å². The maximum atomic E-state index is 12.3. The maximum absolute atomic E-state index is 12.3. The third-order valence-corrected chi connectivity index (χ3v) is 5.95. The molecule has 0 fully saturated rings. The molecule has 0 aromatic heterocycles. The molecule has 1 heterocycles. The molecule has 0 radical (unpaired) electrons. The van der Waals surface area contributed by atoms with Gasteiger partial charge in [-0.1, -0.05) is 51.8 Å². The smallest absolute Gasteiger partial charge is 0.338 e. The number of methoxy groups -OCH3 is 1. The Morgan fingerprint density at radius 1 is 1.24 bits per heavy atom. The second kappa shape index (κ2) is 6.50. The molecular formula is C20H17BrClNO2. The van der Waals surface area contributed by atoms with Gasteiger partial charge in [-0.3, -0.25) is 0 Å². The lowest BCUT2D eigenvalue weighted by atomic mass is 9.75. The van der Waals surface area contributed by atoms with E-state index in [1.54, 1.807) is 12.1 Å². The Morgan fingerprint density at radius 2 is 2.00 bits per heavy atom. The van der Waals surface area contributed by atoms with Crippen LogP contribution in [0, 0.1) is 5.92 Å². The largest absolute Gasteiger partial charge is 0.465 e. The summed E-state index contributed by atoms with van der Waals surface area (Å²) in [5.41, 5.74) is 3.59. The van der Waals surface area contributed by atoms with Gasteiger partial charge in [-0.15, -0.1) is 0 Å². The van der Waals surface area contributed by atoms with Gasteiger partial charge in [0.1, 0.15) is 0 Å². The van der Waals surface area contributed by atoms with Crippen molar-refractivity contribution in [3.8, 4) is 0 Å². The molecule has 2 aromatic rings. The van der Waals surface area contributed by atoms with Crippen molar-refractivity contribution >= 4 is 39.2 Å². The standard InChI is InChI=1S/C20H17BrClNO2/c1-25-20(24)15-9-10-16(22)19-17(15)13-3-2-4-14(13)18(23-19)11-5-7-12(21)8-6-11/h2-3,5-10,13-14,18,23H,4H2,1H3/t13-,14+,18-/m1/s1. The van der Waals surface area contributed by atoms with Crippen LogP contribution in [-0.4, -0.2) is 13.1 Å². The summed E-state index contributed by atoms with van der Waals surface area (Å²) in [6.45, 7) is 0. The van der Waals surface area contributed by atoms with Crippen molar-refractivity contribution in [1.82, 2.24) is 0 Å². The highest BCUT2D eigenvalue weighted by atomic mass is 79.9. The summed E-state index contributed by atoms with van der Waals surface area (Å²) >= 11 is 9.98. The highest BCUT2D eigenvalue weighted by Gasteiger charge is 2.40. The molecule has 3 atom stereocenters. The van der Waals surface area contributed by atoms with Gasteiger partial charge in [-0.05, 0) is 47.7 Å². The minimum absolute atomic E-state index is 0.144. The van der Waals surface area contributed by atoms with Gasteiger partial charge in [0, 0.05) is 10.4 Å². The van der Waals surface area contributed by atoms with E-state index in [1.807, 2.05) is 0 Å². The molecule has 3 nitrogen and oxygen atoms in total. The first kappa shape index (κ1) is 16.7. The Labute approximate surface area is 160 Å². The van der Waals surface area contributed by atoms with Crippen LogP contribution in [0.5, 0.6) is 0 Å². The Hall–Kier alpha value is -1.78. The van der Waals surface area contributed by atoms with Gasteiger partial charge in [-0.2, -0.15) is 0 Å². The first-order valence-electron chi connectivity index (χ1n) is 8.19. The summed E-state index contributed by atoms with van der Waals surface area (Å²) in [6, 6.07) is 12.0. The minimum Gasteiger partial charge on any atom is -0.465 e. The number of allylic oxidation sites excluding steroid dienone is 2. The molecule has 0 unspecified atom stereocenters. The number of nitrogens with one attached hydrogen (secondary N) is 1. The lowest BCUT2D eigenvalue weighted by molar-refractivity contribution is 0.0598. The molecule has 0 bridgehead atoms. The average Bonchev–Trinajstić information content (AvgIpc) is 3.11. The molecule has 0 saturated carbocycles. The third kappa shape index (κ3) is 2.77. The first-order chi connectivity index (χ1) is 12.1. The van der Waals surface area contributed by atoms with Crippen LogP contribution in [0.15, 0.2) is 53.0 Å². The zero-order chi connectivity index (χ0) is 17.6. The second-order valence-corrected chi connectivity index (χ2v) is 7.73. The fourth-order valence-electron chi connectivity index (χ4n) is 3.96. The zero-order valence-corrected chi connectivity index (χ0v) is 16.0. The summed E-state index contributed by atoms with van der Waals surface area (Å²) in [4.78, 5) is 12.3. The van der Waals surface area contributed by atoms with Crippen LogP contribution >= 0.6 is 27.5 Å². The molecular weight excluding hydrogens is 402 g/mol.